The van der Waals surface area contributed by atoms with E-state index in [9.17, 15) is 19.3 Å². The van der Waals surface area contributed by atoms with Crippen molar-refractivity contribution in [3.8, 4) is 0 Å². The van der Waals surface area contributed by atoms with E-state index in [1.807, 2.05) is 0 Å². The lowest BCUT2D eigenvalue weighted by Gasteiger charge is -2.26. The van der Waals surface area contributed by atoms with Gasteiger partial charge in [0.2, 0.25) is 0 Å². The first-order valence-electron chi connectivity index (χ1n) is 10.3. The lowest BCUT2D eigenvalue weighted by atomic mass is 10.00. The molecule has 1 aromatic heterocycles. The van der Waals surface area contributed by atoms with Gasteiger partial charge in [-0.25, -0.2) is 4.79 Å². The number of aromatic amines is 1. The molecule has 0 radical (unpaired) electrons. The summed E-state index contributed by atoms with van der Waals surface area (Å²) in [5.74, 6) is -0.447. The second-order valence-corrected chi connectivity index (χ2v) is 9.50. The summed E-state index contributed by atoms with van der Waals surface area (Å²) >= 11 is 0. The highest BCUT2D eigenvalue weighted by atomic mass is 31.2. The summed E-state index contributed by atoms with van der Waals surface area (Å²) in [6, 6.07) is 0. The van der Waals surface area contributed by atoms with Crippen molar-refractivity contribution in [2.24, 2.45) is 5.92 Å². The number of aromatic nitrogens is 2. The van der Waals surface area contributed by atoms with Crippen LogP contribution in [-0.4, -0.2) is 72.7 Å². The first-order valence-corrected chi connectivity index (χ1v) is 12.0. The minimum atomic E-state index is -3.38. The molecule has 2 N–H and O–H groups in total. The maximum absolute atomic E-state index is 12.9. The topological polar surface area (TPSA) is 138 Å². The number of aryl methyl sites for hydroxylation is 1. The van der Waals surface area contributed by atoms with Crippen LogP contribution in [0.2, 0.25) is 0 Å². The van der Waals surface area contributed by atoms with Crippen molar-refractivity contribution in [1.82, 2.24) is 9.55 Å². The SMILES string of the molecule is CCOP(=O)(C[C@H](C)[C@H]1O[C@@H](n2cc(C)c(=O)[nH]c2=O)[C@H](OCCOC)[C@@H]1O)OCC. The van der Waals surface area contributed by atoms with Crippen LogP contribution in [0.3, 0.4) is 0 Å². The number of hydrogen-bond acceptors (Lipinski definition) is 9. The lowest BCUT2D eigenvalue weighted by Crippen LogP contribution is -2.41. The Morgan fingerprint density at radius 3 is 2.48 bits per heavy atom. The van der Waals surface area contributed by atoms with Gasteiger partial charge >= 0.3 is 13.3 Å². The van der Waals surface area contributed by atoms with Crippen LogP contribution in [-0.2, 0) is 27.8 Å². The molecule has 11 nitrogen and oxygen atoms in total. The first-order chi connectivity index (χ1) is 14.7. The second kappa shape index (κ2) is 11.5. The Bertz CT molecular complexity index is 861. The van der Waals surface area contributed by atoms with Gasteiger partial charge in [-0.15, -0.1) is 0 Å². The van der Waals surface area contributed by atoms with Crippen LogP contribution < -0.4 is 11.2 Å². The summed E-state index contributed by atoms with van der Waals surface area (Å²) in [6.07, 6.45) is -2.47. The summed E-state index contributed by atoms with van der Waals surface area (Å²) < 4.78 is 41.6. The van der Waals surface area contributed by atoms with Crippen LogP contribution in [0.15, 0.2) is 15.8 Å². The lowest BCUT2D eigenvalue weighted by molar-refractivity contribution is -0.0819. The maximum Gasteiger partial charge on any atom is 0.331 e. The molecule has 31 heavy (non-hydrogen) atoms. The zero-order chi connectivity index (χ0) is 23.2. The van der Waals surface area contributed by atoms with Gasteiger partial charge in [0.25, 0.3) is 5.56 Å². The highest BCUT2D eigenvalue weighted by Gasteiger charge is 2.49. The molecule has 0 saturated carbocycles. The number of nitrogens with one attached hydrogen (secondary N) is 1. The molecular weight excluding hydrogens is 431 g/mol. The van der Waals surface area contributed by atoms with Crippen LogP contribution in [0.4, 0.5) is 0 Å². The average molecular weight is 464 g/mol. The molecule has 0 spiro atoms. The second-order valence-electron chi connectivity index (χ2n) is 7.40. The maximum atomic E-state index is 12.9. The number of aliphatic hydroxyl groups excluding tert-OH is 1. The predicted octanol–water partition coefficient (Wildman–Crippen LogP) is 1.04. The third kappa shape index (κ3) is 6.35. The predicted molar refractivity (Wildman–Crippen MR) is 112 cm³/mol. The molecule has 178 valence electrons. The molecular formula is C19H33N2O9P. The van der Waals surface area contributed by atoms with Crippen LogP contribution in [0.25, 0.3) is 0 Å². The van der Waals surface area contributed by atoms with Gasteiger partial charge in [-0.1, -0.05) is 6.92 Å². The zero-order valence-corrected chi connectivity index (χ0v) is 19.5. The Balaban J connectivity index is 2.32. The molecule has 1 saturated heterocycles. The van der Waals surface area contributed by atoms with Crippen molar-refractivity contribution in [2.75, 3.05) is 39.7 Å². The zero-order valence-electron chi connectivity index (χ0n) is 18.6. The molecule has 5 atom stereocenters. The largest absolute Gasteiger partial charge is 0.387 e. The molecule has 1 aliphatic rings. The van der Waals surface area contributed by atoms with Gasteiger partial charge in [0, 0.05) is 18.9 Å². The van der Waals surface area contributed by atoms with Gasteiger partial charge in [-0.05, 0) is 26.7 Å². The van der Waals surface area contributed by atoms with Crippen molar-refractivity contribution >= 4 is 7.60 Å². The molecule has 2 heterocycles. The minimum absolute atomic E-state index is 0.0213. The number of nitrogens with zero attached hydrogens (tertiary/aromatic N) is 1. The molecule has 0 unspecified atom stereocenters. The Kier molecular flexibility index (Phi) is 9.63. The quantitative estimate of drug-likeness (QED) is 0.343. The Morgan fingerprint density at radius 2 is 1.90 bits per heavy atom. The van der Waals surface area contributed by atoms with Gasteiger partial charge in [0.15, 0.2) is 6.23 Å². The molecule has 1 aliphatic heterocycles. The Hall–Kier alpha value is -1.33. The van der Waals surface area contributed by atoms with Crippen LogP contribution in [0, 0.1) is 12.8 Å². The molecule has 2 rings (SSSR count). The van der Waals surface area contributed by atoms with E-state index in [4.69, 9.17) is 23.3 Å². The fourth-order valence-corrected chi connectivity index (χ4v) is 5.57. The van der Waals surface area contributed by atoms with E-state index in [0.717, 1.165) is 0 Å². The van der Waals surface area contributed by atoms with Crippen molar-refractivity contribution < 1.29 is 32.9 Å². The van der Waals surface area contributed by atoms with Crippen LogP contribution >= 0.6 is 7.60 Å². The molecule has 0 aliphatic carbocycles. The number of H-pyrrole nitrogens is 1. The highest BCUT2D eigenvalue weighted by Crippen LogP contribution is 2.51. The van der Waals surface area contributed by atoms with E-state index in [0.29, 0.717) is 5.56 Å². The van der Waals surface area contributed by atoms with Crippen molar-refractivity contribution in [3.05, 3.63) is 32.6 Å². The summed E-state index contributed by atoms with van der Waals surface area (Å²) in [5, 5.41) is 11.0. The summed E-state index contributed by atoms with van der Waals surface area (Å²) in [4.78, 5) is 26.4. The van der Waals surface area contributed by atoms with E-state index in [1.165, 1.54) is 17.9 Å². The van der Waals surface area contributed by atoms with Crippen molar-refractivity contribution in [3.63, 3.8) is 0 Å². The summed E-state index contributed by atoms with van der Waals surface area (Å²) in [7, 11) is -1.87. The van der Waals surface area contributed by atoms with Crippen LogP contribution in [0.5, 0.6) is 0 Å². The number of aliphatic hydroxyl groups is 1. The van der Waals surface area contributed by atoms with E-state index in [1.54, 1.807) is 27.7 Å². The van der Waals surface area contributed by atoms with Crippen molar-refractivity contribution in [2.45, 2.75) is 52.2 Å². The monoisotopic (exact) mass is 464 g/mol. The Morgan fingerprint density at radius 1 is 1.26 bits per heavy atom. The number of hydrogen-bond donors (Lipinski definition) is 2. The minimum Gasteiger partial charge on any atom is -0.387 e. The van der Waals surface area contributed by atoms with Gasteiger partial charge in [0.05, 0.1) is 38.7 Å². The molecule has 1 aromatic rings. The highest BCUT2D eigenvalue weighted by molar-refractivity contribution is 7.53. The van der Waals surface area contributed by atoms with Crippen LogP contribution in [0.1, 0.15) is 32.6 Å². The number of ether oxygens (including phenoxy) is 3. The molecule has 0 amide bonds. The normalized spacial score (nSPS) is 25.1. The van der Waals surface area contributed by atoms with Crippen molar-refractivity contribution in [1.29, 1.82) is 0 Å². The number of methoxy groups -OCH3 is 1. The average Bonchev–Trinajstić information content (AvgIpc) is 3.01. The Labute approximate surface area is 181 Å². The summed E-state index contributed by atoms with van der Waals surface area (Å²) in [6.45, 7) is 7.63. The molecule has 0 aromatic carbocycles. The third-order valence-corrected chi connectivity index (χ3v) is 7.32. The van der Waals surface area contributed by atoms with Gasteiger partial charge in [0.1, 0.15) is 12.2 Å². The molecule has 0 bridgehead atoms. The summed E-state index contributed by atoms with van der Waals surface area (Å²) in [5.41, 5.74) is -0.881. The van der Waals surface area contributed by atoms with Gasteiger partial charge < -0.3 is 28.4 Å². The van der Waals surface area contributed by atoms with E-state index in [2.05, 4.69) is 4.98 Å². The fraction of sp³-hybridized carbons (Fsp3) is 0.789. The van der Waals surface area contributed by atoms with E-state index in [-0.39, 0.29) is 32.6 Å². The molecule has 1 fully saturated rings. The number of rotatable bonds is 12. The standard InChI is InChI=1S/C19H33N2O9P/c1-6-28-31(25,29-7-2)11-13(4)15-14(22)16(27-9-8-26-5)18(30-15)21-10-12(3)17(23)20-19(21)24/h10,13-16,18,22H,6-9,11H2,1-5H3,(H,20,23,24)/t13-,14+,15+,16+,18+/m0/s1. The van der Waals surface area contributed by atoms with Gasteiger partial charge in [-0.3, -0.25) is 18.9 Å². The van der Waals surface area contributed by atoms with E-state index >= 15 is 0 Å². The smallest absolute Gasteiger partial charge is 0.331 e. The molecule has 12 heteroatoms. The fourth-order valence-electron chi connectivity index (χ4n) is 3.59. The van der Waals surface area contributed by atoms with E-state index < -0.39 is 49.3 Å². The third-order valence-electron chi connectivity index (χ3n) is 4.99. The first kappa shape index (κ1) is 25.9. The van der Waals surface area contributed by atoms with Gasteiger partial charge in [-0.2, -0.15) is 0 Å².